The van der Waals surface area contributed by atoms with Gasteiger partial charge < -0.3 is 0 Å². The van der Waals surface area contributed by atoms with Crippen LogP contribution in [0.5, 0.6) is 0 Å². The van der Waals surface area contributed by atoms with Gasteiger partial charge in [0.25, 0.3) is 0 Å². The predicted molar refractivity (Wildman–Crippen MR) is 61.8 cm³/mol. The summed E-state index contributed by atoms with van der Waals surface area (Å²) in [6, 6.07) is 1.50. The zero-order valence-corrected chi connectivity index (χ0v) is 11.6. The Balaban J connectivity index is 3.59. The first-order valence-corrected chi connectivity index (χ1v) is 6.30. The quantitative estimate of drug-likeness (QED) is 0.324. The summed E-state index contributed by atoms with van der Waals surface area (Å²) in [7, 11) is 0. The van der Waals surface area contributed by atoms with Gasteiger partial charge in [0.1, 0.15) is 0 Å². The summed E-state index contributed by atoms with van der Waals surface area (Å²) >= 11 is 4.21. The monoisotopic (exact) mass is 432 g/mol. The molecule has 17 heavy (non-hydrogen) atoms. The molecule has 0 fully saturated rings. The third-order valence-electron chi connectivity index (χ3n) is 1.95. The highest BCUT2D eigenvalue weighted by Gasteiger charge is 2.44. The number of hydrogen-bond acceptors (Lipinski definition) is 0. The molecule has 0 aliphatic heterocycles. The maximum Gasteiger partial charge on any atom is 0.418 e. The van der Waals surface area contributed by atoms with Crippen molar-refractivity contribution in [2.24, 2.45) is 0 Å². The Morgan fingerprint density at radius 3 is 1.88 bits per heavy atom. The molecule has 96 valence electrons. The van der Waals surface area contributed by atoms with E-state index >= 15 is 0 Å². The van der Waals surface area contributed by atoms with Gasteiger partial charge in [0, 0.05) is 8.90 Å². The maximum atomic E-state index is 12.6. The Labute approximate surface area is 115 Å². The molecule has 0 unspecified atom stereocenters. The molecule has 0 aliphatic carbocycles. The van der Waals surface area contributed by atoms with Crippen LogP contribution in [-0.4, -0.2) is 0 Å². The molecule has 1 rings (SSSR count). The molecular formula is C9H4BrF6I. The first-order chi connectivity index (χ1) is 7.59. The van der Waals surface area contributed by atoms with E-state index in [1.807, 2.05) is 0 Å². The highest BCUT2D eigenvalue weighted by atomic mass is 127. The van der Waals surface area contributed by atoms with Crippen molar-refractivity contribution in [3.8, 4) is 0 Å². The van der Waals surface area contributed by atoms with Gasteiger partial charge in [0.15, 0.2) is 0 Å². The molecule has 1 aromatic rings. The number of halogens is 8. The van der Waals surface area contributed by atoms with Crippen LogP contribution in [0.25, 0.3) is 0 Å². The minimum atomic E-state index is -5.03. The fourth-order valence-corrected chi connectivity index (χ4v) is 3.19. The van der Waals surface area contributed by atoms with E-state index in [4.69, 9.17) is 0 Å². The topological polar surface area (TPSA) is 0 Å². The molecule has 0 atom stereocenters. The molecule has 8 heteroatoms. The third-order valence-corrected chi connectivity index (χ3v) is 3.79. The van der Waals surface area contributed by atoms with E-state index in [0.29, 0.717) is 6.07 Å². The lowest BCUT2D eigenvalue weighted by molar-refractivity contribution is -0.162. The summed E-state index contributed by atoms with van der Waals surface area (Å²) in [5, 5.41) is 0.0620. The molecule has 0 aliphatic rings. The van der Waals surface area contributed by atoms with Crippen molar-refractivity contribution in [3.05, 3.63) is 32.4 Å². The Kier molecular flexibility index (Phi) is 4.38. The number of rotatable bonds is 1. The van der Waals surface area contributed by atoms with E-state index in [1.165, 1.54) is 22.6 Å². The zero-order chi connectivity index (χ0) is 13.4. The number of alkyl halides is 7. The van der Waals surface area contributed by atoms with E-state index in [0.717, 1.165) is 6.07 Å². The molecule has 0 radical (unpaired) electrons. The lowest BCUT2D eigenvalue weighted by Crippen LogP contribution is -2.19. The van der Waals surface area contributed by atoms with E-state index in [-0.39, 0.29) is 10.9 Å². The van der Waals surface area contributed by atoms with E-state index in [2.05, 4.69) is 15.9 Å². The normalized spacial score (nSPS) is 12.9. The highest BCUT2D eigenvalue weighted by molar-refractivity contribution is 14.1. The molecule has 0 amide bonds. The van der Waals surface area contributed by atoms with Crippen molar-refractivity contribution in [2.45, 2.75) is 17.7 Å². The first kappa shape index (κ1) is 15.1. The second-order valence-corrected chi connectivity index (χ2v) is 4.73. The van der Waals surface area contributed by atoms with Gasteiger partial charge in [0.2, 0.25) is 0 Å². The first-order valence-electron chi connectivity index (χ1n) is 4.10. The molecule has 0 saturated heterocycles. The molecule has 0 nitrogen and oxygen atoms in total. The molecule has 0 heterocycles. The van der Waals surface area contributed by atoms with Gasteiger partial charge >= 0.3 is 12.4 Å². The smallest absolute Gasteiger partial charge is 0.166 e. The Morgan fingerprint density at radius 2 is 1.53 bits per heavy atom. The van der Waals surface area contributed by atoms with Crippen molar-refractivity contribution in [3.63, 3.8) is 0 Å². The lowest BCUT2D eigenvalue weighted by atomic mass is 10.0. The third kappa shape index (κ3) is 3.27. The fourth-order valence-electron chi connectivity index (χ4n) is 1.24. The minimum Gasteiger partial charge on any atom is -0.166 e. The summed E-state index contributed by atoms with van der Waals surface area (Å²) in [6.45, 7) is 0. The molecule has 0 spiro atoms. The molecule has 0 saturated carbocycles. The summed E-state index contributed by atoms with van der Waals surface area (Å²) in [4.78, 5) is 0. The van der Waals surface area contributed by atoms with Crippen LogP contribution in [0.4, 0.5) is 26.3 Å². The summed E-state index contributed by atoms with van der Waals surface area (Å²) in [5.41, 5.74) is -3.10. The van der Waals surface area contributed by atoms with Crippen LogP contribution in [0.1, 0.15) is 16.7 Å². The van der Waals surface area contributed by atoms with Gasteiger partial charge in [-0.3, -0.25) is 0 Å². The standard InChI is InChI=1S/C9H4BrF6I/c10-3-4-1-2-5(8(11,12)13)6(7(4)17)9(14,15)16/h1-2H,3H2. The van der Waals surface area contributed by atoms with Crippen LogP contribution < -0.4 is 0 Å². The summed E-state index contributed by atoms with van der Waals surface area (Å²) < 4.78 is 74.9. The van der Waals surface area contributed by atoms with Crippen molar-refractivity contribution in [1.82, 2.24) is 0 Å². The van der Waals surface area contributed by atoms with Crippen LogP contribution in [-0.2, 0) is 17.7 Å². The highest BCUT2D eigenvalue weighted by Crippen LogP contribution is 2.43. The van der Waals surface area contributed by atoms with Gasteiger partial charge in [0.05, 0.1) is 11.1 Å². The van der Waals surface area contributed by atoms with Crippen molar-refractivity contribution in [1.29, 1.82) is 0 Å². The maximum absolute atomic E-state index is 12.6. The second-order valence-electron chi connectivity index (χ2n) is 3.09. The van der Waals surface area contributed by atoms with Crippen LogP contribution in [0.2, 0.25) is 0 Å². The second kappa shape index (κ2) is 4.94. The van der Waals surface area contributed by atoms with Crippen molar-refractivity contribution < 1.29 is 26.3 Å². The fraction of sp³-hybridized carbons (Fsp3) is 0.333. The number of benzene rings is 1. The van der Waals surface area contributed by atoms with Gasteiger partial charge in [-0.2, -0.15) is 26.3 Å². The average Bonchev–Trinajstić information content (AvgIpc) is 2.13. The largest absolute Gasteiger partial charge is 0.418 e. The Hall–Kier alpha value is 0.01000. The van der Waals surface area contributed by atoms with Gasteiger partial charge in [-0.05, 0) is 34.2 Å². The molecule has 0 bridgehead atoms. The molecular weight excluding hydrogens is 429 g/mol. The molecule has 0 N–H and O–H groups in total. The van der Waals surface area contributed by atoms with E-state index < -0.39 is 27.0 Å². The number of hydrogen-bond donors (Lipinski definition) is 0. The van der Waals surface area contributed by atoms with Crippen LogP contribution >= 0.6 is 38.5 Å². The lowest BCUT2D eigenvalue weighted by Gasteiger charge is -2.18. The summed E-state index contributed by atoms with van der Waals surface area (Å²) in [5.74, 6) is 0. The van der Waals surface area contributed by atoms with Gasteiger partial charge in [-0.1, -0.05) is 22.0 Å². The average molecular weight is 433 g/mol. The molecule has 1 aromatic carbocycles. The van der Waals surface area contributed by atoms with Gasteiger partial charge in [-0.15, -0.1) is 0 Å². The molecule has 0 aromatic heterocycles. The Bertz CT molecular complexity index is 423. The van der Waals surface area contributed by atoms with Crippen molar-refractivity contribution >= 4 is 38.5 Å². The van der Waals surface area contributed by atoms with Crippen molar-refractivity contribution in [2.75, 3.05) is 0 Å². The van der Waals surface area contributed by atoms with E-state index in [9.17, 15) is 26.3 Å². The van der Waals surface area contributed by atoms with Gasteiger partial charge in [-0.25, -0.2) is 0 Å². The Morgan fingerprint density at radius 1 is 1.00 bits per heavy atom. The van der Waals surface area contributed by atoms with Crippen LogP contribution in [0.3, 0.4) is 0 Å². The van der Waals surface area contributed by atoms with Crippen LogP contribution in [0, 0.1) is 3.57 Å². The minimum absolute atomic E-state index is 0.0620. The summed E-state index contributed by atoms with van der Waals surface area (Å²) in [6.07, 6.45) is -10.0. The SMILES string of the molecule is FC(F)(F)c1ccc(CBr)c(I)c1C(F)(F)F. The predicted octanol–water partition coefficient (Wildman–Crippen LogP) is 5.22. The van der Waals surface area contributed by atoms with Crippen LogP contribution in [0.15, 0.2) is 12.1 Å². The zero-order valence-electron chi connectivity index (χ0n) is 7.89. The van der Waals surface area contributed by atoms with E-state index in [1.54, 1.807) is 0 Å².